The SMILES string of the molecule is COCCN1C(=O)c2ccccc2[C@H](C(=O)Nc2ccc3[nH]ccc3c2)C12CCCC2. The van der Waals surface area contributed by atoms with E-state index in [2.05, 4.69) is 10.3 Å². The molecule has 2 heterocycles. The van der Waals surface area contributed by atoms with E-state index in [1.54, 1.807) is 7.11 Å². The summed E-state index contributed by atoms with van der Waals surface area (Å²) in [5, 5.41) is 4.21. The van der Waals surface area contributed by atoms with Gasteiger partial charge in [-0.05, 0) is 48.7 Å². The van der Waals surface area contributed by atoms with Gasteiger partial charge in [0.15, 0.2) is 0 Å². The number of nitrogens with zero attached hydrogens (tertiary/aromatic N) is 1. The van der Waals surface area contributed by atoms with Gasteiger partial charge in [-0.25, -0.2) is 0 Å². The summed E-state index contributed by atoms with van der Waals surface area (Å²) in [6, 6.07) is 15.4. The van der Waals surface area contributed by atoms with Crippen LogP contribution in [-0.4, -0.2) is 47.5 Å². The minimum absolute atomic E-state index is 0.00680. The van der Waals surface area contributed by atoms with Gasteiger partial charge in [-0.3, -0.25) is 9.59 Å². The van der Waals surface area contributed by atoms with E-state index in [9.17, 15) is 9.59 Å². The number of aromatic nitrogens is 1. The summed E-state index contributed by atoms with van der Waals surface area (Å²) in [5.41, 5.74) is 2.75. The highest BCUT2D eigenvalue weighted by atomic mass is 16.5. The molecule has 1 spiro atoms. The van der Waals surface area contributed by atoms with Gasteiger partial charge in [0.2, 0.25) is 5.91 Å². The molecule has 6 nitrogen and oxygen atoms in total. The third-order valence-corrected chi connectivity index (χ3v) is 6.89. The number of rotatable bonds is 5. The summed E-state index contributed by atoms with van der Waals surface area (Å²) in [6.45, 7) is 0.941. The van der Waals surface area contributed by atoms with E-state index in [-0.39, 0.29) is 11.8 Å². The van der Waals surface area contributed by atoms with Crippen molar-refractivity contribution in [2.75, 3.05) is 25.6 Å². The van der Waals surface area contributed by atoms with Gasteiger partial charge in [-0.15, -0.1) is 0 Å². The second-order valence-corrected chi connectivity index (χ2v) is 8.55. The molecule has 2 aromatic carbocycles. The molecule has 0 unspecified atom stereocenters. The summed E-state index contributed by atoms with van der Waals surface area (Å²) < 4.78 is 5.31. The molecular weight excluding hydrogens is 390 g/mol. The fraction of sp³-hybridized carbons (Fsp3) is 0.360. The number of amides is 2. The average molecular weight is 418 g/mol. The predicted octanol–water partition coefficient (Wildman–Crippen LogP) is 4.31. The molecule has 0 bridgehead atoms. The molecule has 31 heavy (non-hydrogen) atoms. The predicted molar refractivity (Wildman–Crippen MR) is 120 cm³/mol. The highest BCUT2D eigenvalue weighted by Gasteiger charge is 2.55. The molecule has 1 aliphatic heterocycles. The monoisotopic (exact) mass is 417 g/mol. The molecule has 6 heteroatoms. The van der Waals surface area contributed by atoms with Crippen LogP contribution in [0, 0.1) is 0 Å². The molecule has 1 aliphatic carbocycles. The number of carbonyl (C=O) groups is 2. The van der Waals surface area contributed by atoms with E-state index in [1.165, 1.54) is 0 Å². The molecule has 1 fully saturated rings. The van der Waals surface area contributed by atoms with Gasteiger partial charge >= 0.3 is 0 Å². The normalized spacial score (nSPS) is 19.7. The van der Waals surface area contributed by atoms with Crippen LogP contribution in [0.2, 0.25) is 0 Å². The van der Waals surface area contributed by atoms with Gasteiger partial charge in [0, 0.05) is 42.0 Å². The summed E-state index contributed by atoms with van der Waals surface area (Å²) in [5.74, 6) is -0.464. The molecule has 0 radical (unpaired) electrons. The standard InChI is InChI=1S/C25H27N3O3/c1-31-15-14-28-24(30)20-7-3-2-6-19(20)22(25(28)11-4-5-12-25)23(29)27-18-8-9-21-17(16-18)10-13-26-21/h2-3,6-10,13,16,22,26H,4-5,11-12,14-15H2,1H3,(H,27,29)/t22-/m1/s1. The zero-order chi connectivity index (χ0) is 21.4. The first-order chi connectivity index (χ1) is 15.1. The molecule has 2 aliphatic rings. The van der Waals surface area contributed by atoms with Crippen LogP contribution in [0.15, 0.2) is 54.7 Å². The van der Waals surface area contributed by atoms with Crippen LogP contribution in [0.25, 0.3) is 10.9 Å². The van der Waals surface area contributed by atoms with Gasteiger partial charge in [0.25, 0.3) is 5.91 Å². The maximum atomic E-state index is 13.8. The van der Waals surface area contributed by atoms with Gasteiger partial charge in [-0.1, -0.05) is 31.0 Å². The Labute approximate surface area is 181 Å². The lowest BCUT2D eigenvalue weighted by atomic mass is 9.71. The van der Waals surface area contributed by atoms with Crippen molar-refractivity contribution in [3.63, 3.8) is 0 Å². The Kier molecular flexibility index (Phi) is 5.02. The van der Waals surface area contributed by atoms with Gasteiger partial charge < -0.3 is 19.9 Å². The Hall–Kier alpha value is -3.12. The summed E-state index contributed by atoms with van der Waals surface area (Å²) in [6.07, 6.45) is 5.56. The number of fused-ring (bicyclic) bond motifs is 2. The summed E-state index contributed by atoms with van der Waals surface area (Å²) in [7, 11) is 1.64. The summed E-state index contributed by atoms with van der Waals surface area (Å²) >= 11 is 0. The number of anilines is 1. The second-order valence-electron chi connectivity index (χ2n) is 8.55. The molecule has 1 saturated carbocycles. The van der Waals surface area contributed by atoms with Crippen molar-refractivity contribution in [3.8, 4) is 0 Å². The van der Waals surface area contributed by atoms with Gasteiger partial charge in [0.1, 0.15) is 0 Å². The lowest BCUT2D eigenvalue weighted by molar-refractivity contribution is -0.121. The number of methoxy groups -OCH3 is 1. The van der Waals surface area contributed by atoms with Crippen molar-refractivity contribution >= 4 is 28.4 Å². The van der Waals surface area contributed by atoms with Crippen molar-refractivity contribution in [2.45, 2.75) is 37.1 Å². The fourth-order valence-corrected chi connectivity index (χ4v) is 5.52. The zero-order valence-corrected chi connectivity index (χ0v) is 17.7. The summed E-state index contributed by atoms with van der Waals surface area (Å²) in [4.78, 5) is 32.4. The van der Waals surface area contributed by atoms with Crippen molar-refractivity contribution in [1.29, 1.82) is 0 Å². The van der Waals surface area contributed by atoms with E-state index in [0.717, 1.165) is 47.8 Å². The molecule has 2 N–H and O–H groups in total. The number of H-pyrrole nitrogens is 1. The Balaban J connectivity index is 1.57. The van der Waals surface area contributed by atoms with E-state index in [1.807, 2.05) is 59.6 Å². The first kappa shape index (κ1) is 19.8. The van der Waals surface area contributed by atoms with E-state index < -0.39 is 11.5 Å². The Morgan fingerprint density at radius 2 is 2.00 bits per heavy atom. The number of hydrogen-bond acceptors (Lipinski definition) is 3. The fourth-order valence-electron chi connectivity index (χ4n) is 5.52. The van der Waals surface area contributed by atoms with Crippen molar-refractivity contribution in [3.05, 3.63) is 65.9 Å². The van der Waals surface area contributed by atoms with Crippen LogP contribution in [-0.2, 0) is 9.53 Å². The topological polar surface area (TPSA) is 74.4 Å². The minimum atomic E-state index is -0.508. The first-order valence-corrected chi connectivity index (χ1v) is 10.9. The van der Waals surface area contributed by atoms with Crippen molar-refractivity contribution in [2.24, 2.45) is 0 Å². The quantitative estimate of drug-likeness (QED) is 0.650. The van der Waals surface area contributed by atoms with E-state index in [0.29, 0.717) is 18.7 Å². The first-order valence-electron chi connectivity index (χ1n) is 10.9. The second kappa shape index (κ2) is 7.85. The van der Waals surface area contributed by atoms with Crippen LogP contribution < -0.4 is 5.32 Å². The molecule has 0 saturated heterocycles. The van der Waals surface area contributed by atoms with E-state index >= 15 is 0 Å². The van der Waals surface area contributed by atoms with Crippen LogP contribution in [0.1, 0.15) is 47.5 Å². The van der Waals surface area contributed by atoms with Gasteiger partial charge in [0.05, 0.1) is 18.1 Å². The maximum absolute atomic E-state index is 13.8. The number of aromatic amines is 1. The number of ether oxygens (including phenoxy) is 1. The highest BCUT2D eigenvalue weighted by molar-refractivity contribution is 6.05. The molecule has 1 atom stereocenters. The van der Waals surface area contributed by atoms with Crippen LogP contribution in [0.3, 0.4) is 0 Å². The molecule has 3 aromatic rings. The lowest BCUT2D eigenvalue weighted by Gasteiger charge is -2.50. The molecular formula is C25H27N3O3. The molecule has 160 valence electrons. The third-order valence-electron chi connectivity index (χ3n) is 6.89. The smallest absolute Gasteiger partial charge is 0.254 e. The van der Waals surface area contributed by atoms with Crippen molar-refractivity contribution < 1.29 is 14.3 Å². The Bertz CT molecular complexity index is 1130. The zero-order valence-electron chi connectivity index (χ0n) is 17.7. The van der Waals surface area contributed by atoms with Gasteiger partial charge in [-0.2, -0.15) is 0 Å². The van der Waals surface area contributed by atoms with Crippen LogP contribution >= 0.6 is 0 Å². The van der Waals surface area contributed by atoms with Crippen LogP contribution in [0.4, 0.5) is 5.69 Å². The van der Waals surface area contributed by atoms with Crippen LogP contribution in [0.5, 0.6) is 0 Å². The molecule has 1 aromatic heterocycles. The average Bonchev–Trinajstić information content (AvgIpc) is 3.44. The molecule has 2 amide bonds. The third kappa shape index (κ3) is 3.22. The largest absolute Gasteiger partial charge is 0.383 e. The Morgan fingerprint density at radius 3 is 2.81 bits per heavy atom. The van der Waals surface area contributed by atoms with Crippen molar-refractivity contribution in [1.82, 2.24) is 9.88 Å². The number of hydrogen-bond donors (Lipinski definition) is 2. The number of benzene rings is 2. The lowest BCUT2D eigenvalue weighted by Crippen LogP contribution is -2.60. The Morgan fingerprint density at radius 1 is 1.19 bits per heavy atom. The van der Waals surface area contributed by atoms with E-state index in [4.69, 9.17) is 4.74 Å². The number of nitrogens with one attached hydrogen (secondary N) is 2. The number of carbonyl (C=O) groups excluding carboxylic acids is 2. The maximum Gasteiger partial charge on any atom is 0.254 e. The minimum Gasteiger partial charge on any atom is -0.383 e. The highest BCUT2D eigenvalue weighted by Crippen LogP contribution is 2.50. The molecule has 5 rings (SSSR count).